The van der Waals surface area contributed by atoms with Crippen LogP contribution in [0.25, 0.3) is 11.0 Å². The maximum Gasteiger partial charge on any atom is 0.263 e. The van der Waals surface area contributed by atoms with Gasteiger partial charge in [-0.15, -0.1) is 11.3 Å². The molecule has 3 aromatic heterocycles. The molecule has 3 N–H and O–H groups in total. The third kappa shape index (κ3) is 3.05. The van der Waals surface area contributed by atoms with E-state index in [9.17, 15) is 4.79 Å². The van der Waals surface area contributed by atoms with Crippen LogP contribution in [0.4, 0.5) is 5.95 Å². The first-order valence-electron chi connectivity index (χ1n) is 7.84. The lowest BCUT2D eigenvalue weighted by atomic mass is 10.2. The molecule has 0 unspecified atom stereocenters. The van der Waals surface area contributed by atoms with Crippen LogP contribution >= 0.6 is 11.3 Å². The van der Waals surface area contributed by atoms with E-state index in [0.29, 0.717) is 23.5 Å². The first kappa shape index (κ1) is 15.3. The van der Waals surface area contributed by atoms with E-state index >= 15 is 0 Å². The van der Waals surface area contributed by atoms with Crippen molar-refractivity contribution in [3.05, 3.63) is 38.9 Å². The van der Waals surface area contributed by atoms with Crippen molar-refractivity contribution in [3.8, 4) is 0 Å². The Labute approximate surface area is 141 Å². The fraction of sp³-hybridized carbons (Fsp3) is 0.400. The summed E-state index contributed by atoms with van der Waals surface area (Å²) in [6.07, 6.45) is 1.48. The molecule has 126 valence electrons. The van der Waals surface area contributed by atoms with Gasteiger partial charge in [-0.1, -0.05) is 6.07 Å². The van der Waals surface area contributed by atoms with Gasteiger partial charge in [-0.2, -0.15) is 10.1 Å². The van der Waals surface area contributed by atoms with Gasteiger partial charge in [-0.25, -0.2) is 0 Å². The topological polar surface area (TPSA) is 98.9 Å². The van der Waals surface area contributed by atoms with Crippen LogP contribution in [0.3, 0.4) is 0 Å². The van der Waals surface area contributed by atoms with Gasteiger partial charge >= 0.3 is 0 Å². The van der Waals surface area contributed by atoms with E-state index in [4.69, 9.17) is 4.74 Å². The molecule has 9 heteroatoms. The van der Waals surface area contributed by atoms with E-state index in [1.54, 1.807) is 11.3 Å². The summed E-state index contributed by atoms with van der Waals surface area (Å²) in [5.74, 6) is 0.451. The molecule has 1 aliphatic heterocycles. The van der Waals surface area contributed by atoms with Crippen LogP contribution in [0.1, 0.15) is 10.9 Å². The second-order valence-corrected chi connectivity index (χ2v) is 6.59. The zero-order chi connectivity index (χ0) is 16.4. The van der Waals surface area contributed by atoms with Crippen LogP contribution < -0.4 is 10.9 Å². The monoisotopic (exact) mass is 346 g/mol. The van der Waals surface area contributed by atoms with Crippen molar-refractivity contribution >= 4 is 28.3 Å². The van der Waals surface area contributed by atoms with Crippen molar-refractivity contribution in [3.63, 3.8) is 0 Å². The molecular weight excluding hydrogens is 328 g/mol. The van der Waals surface area contributed by atoms with Gasteiger partial charge in [0.25, 0.3) is 5.56 Å². The molecule has 4 rings (SSSR count). The summed E-state index contributed by atoms with van der Waals surface area (Å²) in [7, 11) is 0. The second kappa shape index (κ2) is 6.71. The van der Waals surface area contributed by atoms with Crippen LogP contribution in [0, 0.1) is 0 Å². The summed E-state index contributed by atoms with van der Waals surface area (Å²) in [6, 6.07) is 4.42. The Morgan fingerprint density at radius 3 is 3.08 bits per heavy atom. The minimum atomic E-state index is -0.199. The number of aromatic amines is 2. The molecule has 1 aliphatic rings. The number of thiophene rings is 1. The summed E-state index contributed by atoms with van der Waals surface area (Å²) in [4.78, 5) is 22.8. The number of fused-ring (bicyclic) bond motifs is 1. The van der Waals surface area contributed by atoms with E-state index in [1.807, 2.05) is 0 Å². The number of morpholine rings is 1. The molecule has 1 atom stereocenters. The van der Waals surface area contributed by atoms with Gasteiger partial charge in [0.1, 0.15) is 5.39 Å². The Morgan fingerprint density at radius 1 is 1.42 bits per heavy atom. The van der Waals surface area contributed by atoms with Crippen molar-refractivity contribution in [2.75, 3.05) is 38.2 Å². The fourth-order valence-electron chi connectivity index (χ4n) is 2.90. The van der Waals surface area contributed by atoms with Crippen molar-refractivity contribution in [2.24, 2.45) is 0 Å². The second-order valence-electron chi connectivity index (χ2n) is 5.61. The van der Waals surface area contributed by atoms with Crippen molar-refractivity contribution in [2.45, 2.75) is 6.04 Å². The fourth-order valence-corrected chi connectivity index (χ4v) is 3.76. The average molecular weight is 346 g/mol. The maximum absolute atomic E-state index is 12.0. The maximum atomic E-state index is 12.0. The van der Waals surface area contributed by atoms with Crippen molar-refractivity contribution in [1.82, 2.24) is 25.1 Å². The highest BCUT2D eigenvalue weighted by Gasteiger charge is 2.23. The van der Waals surface area contributed by atoms with Gasteiger partial charge in [-0.05, 0) is 11.4 Å². The number of nitrogens with zero attached hydrogens (tertiary/aromatic N) is 3. The number of nitrogens with one attached hydrogen (secondary N) is 3. The number of hydrogen-bond donors (Lipinski definition) is 3. The highest BCUT2D eigenvalue weighted by Crippen LogP contribution is 2.26. The van der Waals surface area contributed by atoms with E-state index in [-0.39, 0.29) is 11.6 Å². The lowest BCUT2D eigenvalue weighted by Crippen LogP contribution is -2.41. The molecular formula is C15H18N6O2S. The molecule has 0 amide bonds. The van der Waals surface area contributed by atoms with E-state index in [0.717, 1.165) is 26.3 Å². The smallest absolute Gasteiger partial charge is 0.263 e. The first-order chi connectivity index (χ1) is 11.8. The Balaban J connectivity index is 1.54. The van der Waals surface area contributed by atoms with Crippen molar-refractivity contribution in [1.29, 1.82) is 0 Å². The molecule has 1 fully saturated rings. The molecule has 0 radical (unpaired) electrons. The lowest BCUT2D eigenvalue weighted by molar-refractivity contribution is 0.0193. The molecule has 4 heterocycles. The third-order valence-corrected chi connectivity index (χ3v) is 5.11. The minimum absolute atomic E-state index is 0.199. The zero-order valence-corrected chi connectivity index (χ0v) is 13.8. The first-order valence-corrected chi connectivity index (χ1v) is 8.72. The standard InChI is InChI=1S/C15H18N6O2S/c22-14-10-8-17-20-13(10)18-15(19-14)16-9-11(12-2-1-7-24-12)21-3-5-23-6-4-21/h1-2,7-8,11H,3-6,9H2,(H3,16,17,18,19,20,22)/t11-/m1/s1. The Hall–Kier alpha value is -2.23. The molecule has 1 saturated heterocycles. The van der Waals surface area contributed by atoms with E-state index < -0.39 is 0 Å². The highest BCUT2D eigenvalue weighted by molar-refractivity contribution is 7.10. The average Bonchev–Trinajstić information content (AvgIpc) is 3.28. The summed E-state index contributed by atoms with van der Waals surface area (Å²) < 4.78 is 5.46. The Bertz CT molecular complexity index is 852. The molecule has 3 aromatic rings. The zero-order valence-electron chi connectivity index (χ0n) is 13.0. The highest BCUT2D eigenvalue weighted by atomic mass is 32.1. The molecule has 0 aromatic carbocycles. The van der Waals surface area contributed by atoms with Crippen molar-refractivity contribution < 1.29 is 4.74 Å². The SMILES string of the molecule is O=c1[nH]c(NC[C@H](c2cccs2)N2CCOCC2)nc2[nH]ncc12. The van der Waals surface area contributed by atoms with Gasteiger partial charge in [0.15, 0.2) is 5.65 Å². The van der Waals surface area contributed by atoms with Crippen LogP contribution in [0.5, 0.6) is 0 Å². The van der Waals surface area contributed by atoms with Crippen LogP contribution in [-0.2, 0) is 4.74 Å². The summed E-state index contributed by atoms with van der Waals surface area (Å²) in [5, 5.41) is 12.4. The molecule has 24 heavy (non-hydrogen) atoms. The number of H-pyrrole nitrogens is 2. The van der Waals surface area contributed by atoms with Crippen LogP contribution in [-0.4, -0.2) is 57.9 Å². The molecule has 0 spiro atoms. The summed E-state index contributed by atoms with van der Waals surface area (Å²) in [5.41, 5.74) is 0.288. The Kier molecular flexibility index (Phi) is 4.28. The largest absolute Gasteiger partial charge is 0.379 e. The predicted octanol–water partition coefficient (Wildman–Crippen LogP) is 1.19. The number of rotatable bonds is 5. The third-order valence-electron chi connectivity index (χ3n) is 4.14. The molecule has 0 bridgehead atoms. The quantitative estimate of drug-likeness (QED) is 0.642. The van der Waals surface area contributed by atoms with Gasteiger partial charge in [0.2, 0.25) is 5.95 Å². The Morgan fingerprint density at radius 2 is 2.29 bits per heavy atom. The predicted molar refractivity (Wildman–Crippen MR) is 92.5 cm³/mol. The lowest BCUT2D eigenvalue weighted by Gasteiger charge is -2.34. The number of aromatic nitrogens is 4. The van der Waals surface area contributed by atoms with Gasteiger partial charge in [0.05, 0.1) is 25.5 Å². The molecule has 8 nitrogen and oxygen atoms in total. The normalized spacial score (nSPS) is 17.2. The van der Waals surface area contributed by atoms with E-state index in [1.165, 1.54) is 11.1 Å². The summed E-state index contributed by atoms with van der Waals surface area (Å²) >= 11 is 1.74. The van der Waals surface area contributed by atoms with Crippen LogP contribution in [0.15, 0.2) is 28.5 Å². The molecule has 0 saturated carbocycles. The van der Waals surface area contributed by atoms with Gasteiger partial charge in [0, 0.05) is 24.5 Å². The minimum Gasteiger partial charge on any atom is -0.379 e. The molecule has 0 aliphatic carbocycles. The number of hydrogen-bond acceptors (Lipinski definition) is 7. The van der Waals surface area contributed by atoms with Gasteiger partial charge < -0.3 is 10.1 Å². The van der Waals surface area contributed by atoms with Gasteiger partial charge in [-0.3, -0.25) is 19.8 Å². The van der Waals surface area contributed by atoms with Crippen LogP contribution in [0.2, 0.25) is 0 Å². The summed E-state index contributed by atoms with van der Waals surface area (Å²) in [6.45, 7) is 3.94. The van der Waals surface area contributed by atoms with E-state index in [2.05, 4.69) is 47.9 Å². The number of ether oxygens (including phenoxy) is 1. The number of anilines is 1.